The van der Waals surface area contributed by atoms with Crippen LogP contribution in [0.5, 0.6) is 0 Å². The molecule has 1 aromatic carbocycles. The number of aliphatic imine (C=N–C) groups is 1. The normalized spacial score (nSPS) is 20.3. The standard InChI is InChI=1S/C21H34ClN5O2/c1-4-23-21(26-15-19(28)24-10-12-29-3)25-14-17-8-6-11-27(2)20(17)16-7-5-9-18(22)13-16/h5,7,9,13,17,20H,4,6,8,10-12,14-15H2,1-3H3,(H,24,28)(H2,23,25,26). The molecule has 1 aliphatic heterocycles. The second-order valence-electron chi connectivity index (χ2n) is 7.30. The third-order valence-corrected chi connectivity index (χ3v) is 5.32. The fraction of sp³-hybridized carbons (Fsp3) is 0.619. The lowest BCUT2D eigenvalue weighted by Gasteiger charge is -2.40. The van der Waals surface area contributed by atoms with Crippen molar-refractivity contribution in [3.63, 3.8) is 0 Å². The number of nitrogens with one attached hydrogen (secondary N) is 3. The molecule has 2 rings (SSSR count). The molecule has 3 N–H and O–H groups in total. The van der Waals surface area contributed by atoms with Crippen LogP contribution in [0.3, 0.4) is 0 Å². The molecule has 0 spiro atoms. The molecular formula is C21H34ClN5O2. The van der Waals surface area contributed by atoms with Crippen LogP contribution in [0.2, 0.25) is 5.02 Å². The van der Waals surface area contributed by atoms with Gasteiger partial charge in [-0.1, -0.05) is 23.7 Å². The number of guanidine groups is 1. The summed E-state index contributed by atoms with van der Waals surface area (Å²) < 4.78 is 4.94. The van der Waals surface area contributed by atoms with Crippen LogP contribution in [0.1, 0.15) is 31.4 Å². The summed E-state index contributed by atoms with van der Waals surface area (Å²) in [6.07, 6.45) is 2.29. The van der Waals surface area contributed by atoms with E-state index < -0.39 is 0 Å². The minimum Gasteiger partial charge on any atom is -0.383 e. The fourth-order valence-corrected chi connectivity index (χ4v) is 3.96. The van der Waals surface area contributed by atoms with Crippen LogP contribution in [0, 0.1) is 5.92 Å². The van der Waals surface area contributed by atoms with Gasteiger partial charge < -0.3 is 20.7 Å². The zero-order valence-corrected chi connectivity index (χ0v) is 18.5. The van der Waals surface area contributed by atoms with E-state index in [1.54, 1.807) is 7.11 Å². The summed E-state index contributed by atoms with van der Waals surface area (Å²) in [5, 5.41) is 10.2. The summed E-state index contributed by atoms with van der Waals surface area (Å²) in [6, 6.07) is 8.43. The van der Waals surface area contributed by atoms with Crippen molar-refractivity contribution in [1.82, 2.24) is 20.9 Å². The largest absolute Gasteiger partial charge is 0.383 e. The molecule has 1 aliphatic rings. The highest BCUT2D eigenvalue weighted by Crippen LogP contribution is 2.35. The zero-order valence-electron chi connectivity index (χ0n) is 17.7. The van der Waals surface area contributed by atoms with E-state index >= 15 is 0 Å². The van der Waals surface area contributed by atoms with Gasteiger partial charge in [-0.05, 0) is 57.0 Å². The number of methoxy groups -OCH3 is 1. The van der Waals surface area contributed by atoms with E-state index in [9.17, 15) is 4.79 Å². The molecule has 1 aromatic rings. The number of hydrogen-bond acceptors (Lipinski definition) is 4. The Morgan fingerprint density at radius 3 is 2.90 bits per heavy atom. The molecule has 0 radical (unpaired) electrons. The molecule has 0 aliphatic carbocycles. The Hall–Kier alpha value is -1.83. The average Bonchev–Trinajstić information content (AvgIpc) is 2.70. The molecule has 8 heteroatoms. The summed E-state index contributed by atoms with van der Waals surface area (Å²) in [7, 11) is 3.78. The first-order valence-electron chi connectivity index (χ1n) is 10.3. The van der Waals surface area contributed by atoms with Crippen molar-refractivity contribution < 1.29 is 9.53 Å². The van der Waals surface area contributed by atoms with Gasteiger partial charge in [0.15, 0.2) is 5.96 Å². The predicted molar refractivity (Wildman–Crippen MR) is 118 cm³/mol. The van der Waals surface area contributed by atoms with Gasteiger partial charge in [0.2, 0.25) is 5.91 Å². The quantitative estimate of drug-likeness (QED) is 0.322. The summed E-state index contributed by atoms with van der Waals surface area (Å²) in [4.78, 5) is 18.7. The Labute approximate surface area is 179 Å². The van der Waals surface area contributed by atoms with E-state index in [-0.39, 0.29) is 12.5 Å². The zero-order chi connectivity index (χ0) is 21.1. The van der Waals surface area contributed by atoms with E-state index in [1.165, 1.54) is 5.56 Å². The molecule has 1 fully saturated rings. The van der Waals surface area contributed by atoms with Crippen LogP contribution in [0.25, 0.3) is 0 Å². The molecule has 162 valence electrons. The number of halogens is 1. The molecule has 1 heterocycles. The highest BCUT2D eigenvalue weighted by atomic mass is 35.5. The molecule has 1 saturated heterocycles. The van der Waals surface area contributed by atoms with Gasteiger partial charge in [0.05, 0.1) is 6.61 Å². The average molecular weight is 424 g/mol. The number of carbonyl (C=O) groups excluding carboxylic acids is 1. The maximum atomic E-state index is 11.9. The lowest BCUT2D eigenvalue weighted by atomic mass is 9.85. The smallest absolute Gasteiger partial charge is 0.241 e. The summed E-state index contributed by atoms with van der Waals surface area (Å²) in [5.41, 5.74) is 1.24. The van der Waals surface area contributed by atoms with Crippen molar-refractivity contribution in [2.75, 3.05) is 53.5 Å². The number of rotatable bonds is 9. The second-order valence-corrected chi connectivity index (χ2v) is 7.74. The van der Waals surface area contributed by atoms with Crippen LogP contribution in [-0.4, -0.2) is 70.3 Å². The van der Waals surface area contributed by atoms with Gasteiger partial charge in [-0.15, -0.1) is 0 Å². The highest BCUT2D eigenvalue weighted by molar-refractivity contribution is 6.30. The van der Waals surface area contributed by atoms with Crippen molar-refractivity contribution >= 4 is 23.5 Å². The second kappa shape index (κ2) is 12.7. The van der Waals surface area contributed by atoms with E-state index in [4.69, 9.17) is 16.3 Å². The Balaban J connectivity index is 1.98. The first-order valence-corrected chi connectivity index (χ1v) is 10.7. The minimum absolute atomic E-state index is 0.0847. The molecule has 2 atom stereocenters. The Kier molecular flexibility index (Phi) is 10.2. The summed E-state index contributed by atoms with van der Waals surface area (Å²) in [6.45, 7) is 5.67. The first-order chi connectivity index (χ1) is 14.0. The van der Waals surface area contributed by atoms with Crippen molar-refractivity contribution in [2.24, 2.45) is 10.9 Å². The molecule has 7 nitrogen and oxygen atoms in total. The topological polar surface area (TPSA) is 78.0 Å². The van der Waals surface area contributed by atoms with Crippen molar-refractivity contribution in [1.29, 1.82) is 0 Å². The van der Waals surface area contributed by atoms with Gasteiger partial charge in [0.1, 0.15) is 6.54 Å². The van der Waals surface area contributed by atoms with Crippen molar-refractivity contribution in [3.8, 4) is 0 Å². The predicted octanol–water partition coefficient (Wildman–Crippen LogP) is 2.04. The Bertz CT molecular complexity index is 670. The number of likely N-dealkylation sites (tertiary alicyclic amines) is 1. The van der Waals surface area contributed by atoms with E-state index in [0.29, 0.717) is 31.1 Å². The third-order valence-electron chi connectivity index (χ3n) is 5.08. The number of benzene rings is 1. The van der Waals surface area contributed by atoms with E-state index in [0.717, 1.165) is 37.5 Å². The van der Waals surface area contributed by atoms with Crippen molar-refractivity contribution in [2.45, 2.75) is 25.8 Å². The maximum absolute atomic E-state index is 11.9. The number of amides is 1. The van der Waals surface area contributed by atoms with Crippen LogP contribution < -0.4 is 16.0 Å². The Morgan fingerprint density at radius 1 is 1.34 bits per heavy atom. The molecule has 2 unspecified atom stereocenters. The van der Waals surface area contributed by atoms with Crippen LogP contribution >= 0.6 is 11.6 Å². The minimum atomic E-state index is -0.117. The van der Waals surface area contributed by atoms with Gasteiger partial charge in [-0.3, -0.25) is 9.69 Å². The SMILES string of the molecule is CCNC(=NCC(=O)NCCOC)NCC1CCCN(C)C1c1cccc(Cl)c1. The van der Waals surface area contributed by atoms with E-state index in [1.807, 2.05) is 19.1 Å². The first kappa shape index (κ1) is 23.4. The Morgan fingerprint density at radius 2 is 2.17 bits per heavy atom. The van der Waals surface area contributed by atoms with Gasteiger partial charge in [-0.25, -0.2) is 4.99 Å². The number of ether oxygens (including phenoxy) is 1. The lowest BCUT2D eigenvalue weighted by molar-refractivity contribution is -0.119. The molecule has 0 aromatic heterocycles. The highest BCUT2D eigenvalue weighted by Gasteiger charge is 2.30. The summed E-state index contributed by atoms with van der Waals surface area (Å²) >= 11 is 6.24. The molecule has 1 amide bonds. The molecule has 0 bridgehead atoms. The number of hydrogen-bond donors (Lipinski definition) is 3. The molecule has 29 heavy (non-hydrogen) atoms. The van der Waals surface area contributed by atoms with E-state index in [2.05, 4.69) is 45.0 Å². The lowest BCUT2D eigenvalue weighted by Crippen LogP contribution is -2.45. The number of nitrogens with zero attached hydrogens (tertiary/aromatic N) is 2. The van der Waals surface area contributed by atoms with Crippen LogP contribution in [-0.2, 0) is 9.53 Å². The fourth-order valence-electron chi connectivity index (χ4n) is 3.76. The third kappa shape index (κ3) is 7.84. The van der Waals surface area contributed by atoms with Crippen LogP contribution in [0.4, 0.5) is 0 Å². The van der Waals surface area contributed by atoms with Gasteiger partial charge >= 0.3 is 0 Å². The monoisotopic (exact) mass is 423 g/mol. The number of carbonyl (C=O) groups is 1. The van der Waals surface area contributed by atoms with Crippen molar-refractivity contribution in [3.05, 3.63) is 34.9 Å². The van der Waals surface area contributed by atoms with Crippen LogP contribution in [0.15, 0.2) is 29.3 Å². The van der Waals surface area contributed by atoms with Gasteiger partial charge in [0, 0.05) is 37.8 Å². The molecule has 0 saturated carbocycles. The summed E-state index contributed by atoms with van der Waals surface area (Å²) in [5.74, 6) is 0.965. The van der Waals surface area contributed by atoms with Gasteiger partial charge in [0.25, 0.3) is 0 Å². The van der Waals surface area contributed by atoms with Gasteiger partial charge in [-0.2, -0.15) is 0 Å². The maximum Gasteiger partial charge on any atom is 0.241 e. The number of piperidine rings is 1. The molecular weight excluding hydrogens is 390 g/mol.